The van der Waals surface area contributed by atoms with E-state index in [9.17, 15) is 0 Å². The molecule has 0 saturated carbocycles. The standard InChI is InChI=1S/C23H27N3O3S/c1-27-20-9-5-4-8-19(20)26-13-11-25(12-14-26)15-17-16-30-23(24-17)18-7-6-10-21(28-2)22(18)29-3/h4-10,16H,11-15H2,1-3H3. The minimum atomic E-state index is 0.721. The van der Waals surface area contributed by atoms with Crippen LogP contribution in [0.15, 0.2) is 47.8 Å². The molecule has 0 bridgehead atoms. The van der Waals surface area contributed by atoms with E-state index in [1.165, 1.54) is 5.69 Å². The number of ether oxygens (including phenoxy) is 3. The smallest absolute Gasteiger partial charge is 0.170 e. The number of methoxy groups -OCH3 is 3. The number of anilines is 1. The molecule has 1 fully saturated rings. The molecule has 0 amide bonds. The van der Waals surface area contributed by atoms with Gasteiger partial charge in [0.15, 0.2) is 11.5 Å². The van der Waals surface area contributed by atoms with Crippen LogP contribution in [0.2, 0.25) is 0 Å². The lowest BCUT2D eigenvalue weighted by Gasteiger charge is -2.36. The molecule has 2 heterocycles. The fourth-order valence-electron chi connectivity index (χ4n) is 3.83. The minimum absolute atomic E-state index is 0.721. The second kappa shape index (κ2) is 9.36. The first-order chi connectivity index (χ1) is 14.7. The fourth-order valence-corrected chi connectivity index (χ4v) is 4.66. The molecule has 0 aliphatic carbocycles. The van der Waals surface area contributed by atoms with Gasteiger partial charge in [0.2, 0.25) is 0 Å². The Morgan fingerprint density at radius 1 is 0.867 bits per heavy atom. The molecule has 1 aromatic heterocycles. The van der Waals surface area contributed by atoms with Crippen molar-refractivity contribution in [2.75, 3.05) is 52.4 Å². The van der Waals surface area contributed by atoms with Crippen LogP contribution >= 0.6 is 11.3 Å². The summed E-state index contributed by atoms with van der Waals surface area (Å²) >= 11 is 1.64. The highest BCUT2D eigenvalue weighted by molar-refractivity contribution is 7.13. The molecule has 1 aliphatic heterocycles. The van der Waals surface area contributed by atoms with Gasteiger partial charge in [-0.2, -0.15) is 0 Å². The Balaban J connectivity index is 1.41. The third-order valence-electron chi connectivity index (χ3n) is 5.37. The van der Waals surface area contributed by atoms with Gasteiger partial charge >= 0.3 is 0 Å². The summed E-state index contributed by atoms with van der Waals surface area (Å²) in [6, 6.07) is 14.1. The number of hydrogen-bond acceptors (Lipinski definition) is 7. The van der Waals surface area contributed by atoms with Gasteiger partial charge in [0.25, 0.3) is 0 Å². The van der Waals surface area contributed by atoms with Crippen molar-refractivity contribution in [2.45, 2.75) is 6.54 Å². The van der Waals surface area contributed by atoms with Gasteiger partial charge in [-0.05, 0) is 24.3 Å². The molecule has 1 aliphatic rings. The van der Waals surface area contributed by atoms with Crippen LogP contribution in [0.4, 0.5) is 5.69 Å². The summed E-state index contributed by atoms with van der Waals surface area (Å²) in [7, 11) is 5.04. The third kappa shape index (κ3) is 4.22. The monoisotopic (exact) mass is 425 g/mol. The Kier molecular flexibility index (Phi) is 6.40. The van der Waals surface area contributed by atoms with Crippen molar-refractivity contribution in [1.29, 1.82) is 0 Å². The van der Waals surface area contributed by atoms with Crippen molar-refractivity contribution in [3.63, 3.8) is 0 Å². The number of piperazine rings is 1. The number of hydrogen-bond donors (Lipinski definition) is 0. The fraction of sp³-hybridized carbons (Fsp3) is 0.348. The summed E-state index contributed by atoms with van der Waals surface area (Å²) < 4.78 is 16.5. The molecule has 0 spiro atoms. The van der Waals surface area contributed by atoms with E-state index in [-0.39, 0.29) is 0 Å². The van der Waals surface area contributed by atoms with E-state index in [4.69, 9.17) is 19.2 Å². The Morgan fingerprint density at radius 3 is 2.33 bits per heavy atom. The Morgan fingerprint density at radius 2 is 1.60 bits per heavy atom. The van der Waals surface area contributed by atoms with Crippen molar-refractivity contribution in [1.82, 2.24) is 9.88 Å². The second-order valence-electron chi connectivity index (χ2n) is 7.12. The molecule has 2 aromatic carbocycles. The van der Waals surface area contributed by atoms with Crippen molar-refractivity contribution < 1.29 is 14.2 Å². The molecule has 4 rings (SSSR count). The Hall–Kier alpha value is -2.77. The van der Waals surface area contributed by atoms with E-state index in [1.807, 2.05) is 30.3 Å². The molecule has 0 unspecified atom stereocenters. The van der Waals surface area contributed by atoms with Gasteiger partial charge in [0, 0.05) is 38.1 Å². The van der Waals surface area contributed by atoms with Crippen LogP contribution in [-0.4, -0.2) is 57.4 Å². The number of benzene rings is 2. The van der Waals surface area contributed by atoms with E-state index < -0.39 is 0 Å². The summed E-state index contributed by atoms with van der Waals surface area (Å²) in [6.07, 6.45) is 0. The third-order valence-corrected chi connectivity index (χ3v) is 6.29. The molecule has 30 heavy (non-hydrogen) atoms. The van der Waals surface area contributed by atoms with E-state index >= 15 is 0 Å². The van der Waals surface area contributed by atoms with Crippen LogP contribution in [0.3, 0.4) is 0 Å². The first-order valence-corrected chi connectivity index (χ1v) is 10.9. The van der Waals surface area contributed by atoms with Gasteiger partial charge in [-0.1, -0.05) is 18.2 Å². The highest BCUT2D eigenvalue weighted by Gasteiger charge is 2.21. The maximum Gasteiger partial charge on any atom is 0.170 e. The number of nitrogens with zero attached hydrogens (tertiary/aromatic N) is 3. The van der Waals surface area contributed by atoms with Crippen LogP contribution in [0, 0.1) is 0 Å². The van der Waals surface area contributed by atoms with E-state index in [2.05, 4.69) is 27.3 Å². The first-order valence-electron chi connectivity index (χ1n) is 9.99. The zero-order valence-electron chi connectivity index (χ0n) is 17.6. The zero-order chi connectivity index (χ0) is 20.9. The summed E-state index contributed by atoms with van der Waals surface area (Å²) in [6.45, 7) is 4.78. The molecular formula is C23H27N3O3S. The first kappa shape index (κ1) is 20.5. The summed E-state index contributed by atoms with van der Waals surface area (Å²) in [5, 5.41) is 3.09. The van der Waals surface area contributed by atoms with Crippen LogP contribution in [0.1, 0.15) is 5.69 Å². The Bertz CT molecular complexity index is 983. The van der Waals surface area contributed by atoms with E-state index in [1.54, 1.807) is 32.7 Å². The van der Waals surface area contributed by atoms with Gasteiger partial charge in [-0.3, -0.25) is 4.90 Å². The maximum atomic E-state index is 5.57. The van der Waals surface area contributed by atoms with Crippen LogP contribution in [0.25, 0.3) is 10.6 Å². The van der Waals surface area contributed by atoms with Gasteiger partial charge in [0.05, 0.1) is 38.3 Å². The quantitative estimate of drug-likeness (QED) is 0.567. The zero-order valence-corrected chi connectivity index (χ0v) is 18.4. The maximum absolute atomic E-state index is 5.57. The normalized spacial score (nSPS) is 14.6. The second-order valence-corrected chi connectivity index (χ2v) is 7.98. The van der Waals surface area contributed by atoms with Gasteiger partial charge in [-0.15, -0.1) is 11.3 Å². The predicted molar refractivity (Wildman–Crippen MR) is 121 cm³/mol. The number of aromatic nitrogens is 1. The van der Waals surface area contributed by atoms with Crippen molar-refractivity contribution in [2.24, 2.45) is 0 Å². The summed E-state index contributed by atoms with van der Waals surface area (Å²) in [4.78, 5) is 9.71. The number of para-hydroxylation sites is 3. The molecule has 6 nitrogen and oxygen atoms in total. The molecule has 7 heteroatoms. The highest BCUT2D eigenvalue weighted by Crippen LogP contribution is 2.39. The number of thiazole rings is 1. The highest BCUT2D eigenvalue weighted by atomic mass is 32.1. The van der Waals surface area contributed by atoms with Crippen molar-refractivity contribution in [3.8, 4) is 27.8 Å². The lowest BCUT2D eigenvalue weighted by molar-refractivity contribution is 0.247. The average Bonchev–Trinajstić information content (AvgIpc) is 3.27. The van der Waals surface area contributed by atoms with Crippen molar-refractivity contribution >= 4 is 17.0 Å². The Labute approximate surface area is 181 Å². The molecule has 0 N–H and O–H groups in total. The SMILES string of the molecule is COc1ccccc1N1CCN(Cc2csc(-c3cccc(OC)c3OC)n2)CC1. The molecular weight excluding hydrogens is 398 g/mol. The predicted octanol–water partition coefficient (Wildman–Crippen LogP) is 4.16. The molecule has 1 saturated heterocycles. The average molecular weight is 426 g/mol. The topological polar surface area (TPSA) is 47.1 Å². The number of rotatable bonds is 7. The minimum Gasteiger partial charge on any atom is -0.495 e. The van der Waals surface area contributed by atoms with Crippen LogP contribution in [0.5, 0.6) is 17.2 Å². The van der Waals surface area contributed by atoms with Crippen LogP contribution in [-0.2, 0) is 6.54 Å². The van der Waals surface area contributed by atoms with Crippen LogP contribution < -0.4 is 19.1 Å². The summed E-state index contributed by atoms with van der Waals surface area (Å²) in [5.41, 5.74) is 3.22. The lowest BCUT2D eigenvalue weighted by atomic mass is 10.2. The van der Waals surface area contributed by atoms with Gasteiger partial charge in [0.1, 0.15) is 10.8 Å². The van der Waals surface area contributed by atoms with Gasteiger partial charge in [-0.25, -0.2) is 4.98 Å². The van der Waals surface area contributed by atoms with Gasteiger partial charge < -0.3 is 19.1 Å². The van der Waals surface area contributed by atoms with E-state index in [0.717, 1.165) is 66.2 Å². The summed E-state index contributed by atoms with van der Waals surface area (Å²) in [5.74, 6) is 2.38. The molecule has 0 atom stereocenters. The molecule has 3 aromatic rings. The lowest BCUT2D eigenvalue weighted by Crippen LogP contribution is -2.46. The molecule has 158 valence electrons. The van der Waals surface area contributed by atoms with E-state index in [0.29, 0.717) is 0 Å². The van der Waals surface area contributed by atoms with Crippen molar-refractivity contribution in [3.05, 3.63) is 53.5 Å². The molecule has 0 radical (unpaired) electrons. The largest absolute Gasteiger partial charge is 0.495 e.